The minimum absolute atomic E-state index is 0.00159. The van der Waals surface area contributed by atoms with Gasteiger partial charge in [-0.2, -0.15) is 5.10 Å². The first-order valence-corrected chi connectivity index (χ1v) is 11.4. The molecular formula is C25H36N4O3. The molecule has 1 aromatic heterocycles. The Morgan fingerprint density at radius 2 is 1.94 bits per heavy atom. The van der Waals surface area contributed by atoms with Crippen molar-refractivity contribution < 1.29 is 14.3 Å². The standard InChI is InChI=1S/C25H36N4O3/c1-17-10-11-20(18(2)14-17)29-22(15-21(27-29)25(3,4)5)26-23(30)16-28(12-13-32-6)24(31)19-8-7-9-19/h10-11,14-15,19H,7-9,12-13,16H2,1-6H3,(H,26,30). The van der Waals surface area contributed by atoms with E-state index in [-0.39, 0.29) is 29.7 Å². The molecule has 7 nitrogen and oxygen atoms in total. The highest BCUT2D eigenvalue weighted by Crippen LogP contribution is 2.29. The number of rotatable bonds is 8. The number of aromatic nitrogens is 2. The summed E-state index contributed by atoms with van der Waals surface area (Å²) in [7, 11) is 1.60. The van der Waals surface area contributed by atoms with E-state index >= 15 is 0 Å². The summed E-state index contributed by atoms with van der Waals surface area (Å²) in [5, 5.41) is 7.82. The molecule has 0 saturated heterocycles. The number of methoxy groups -OCH3 is 1. The van der Waals surface area contributed by atoms with Crippen LogP contribution in [0.1, 0.15) is 56.9 Å². The van der Waals surface area contributed by atoms with Crippen molar-refractivity contribution in [2.45, 2.75) is 59.3 Å². The molecule has 1 aliphatic carbocycles. The van der Waals surface area contributed by atoms with Crippen molar-refractivity contribution in [3.63, 3.8) is 0 Å². The molecule has 0 spiro atoms. The summed E-state index contributed by atoms with van der Waals surface area (Å²) in [6, 6.07) is 8.08. The summed E-state index contributed by atoms with van der Waals surface area (Å²) >= 11 is 0. The van der Waals surface area contributed by atoms with Gasteiger partial charge in [0.25, 0.3) is 0 Å². The maximum Gasteiger partial charge on any atom is 0.245 e. The summed E-state index contributed by atoms with van der Waals surface area (Å²) in [6.07, 6.45) is 2.88. The third-order valence-corrected chi connectivity index (χ3v) is 5.99. The zero-order chi connectivity index (χ0) is 23.5. The second-order valence-electron chi connectivity index (χ2n) is 9.80. The van der Waals surface area contributed by atoms with Gasteiger partial charge in [-0.25, -0.2) is 4.68 Å². The third-order valence-electron chi connectivity index (χ3n) is 5.99. The molecule has 7 heteroatoms. The molecule has 0 atom stereocenters. The highest BCUT2D eigenvalue weighted by molar-refractivity contribution is 5.94. The number of nitrogens with zero attached hydrogens (tertiary/aromatic N) is 3. The number of hydrogen-bond donors (Lipinski definition) is 1. The fraction of sp³-hybridized carbons (Fsp3) is 0.560. The lowest BCUT2D eigenvalue weighted by atomic mass is 9.84. The molecule has 1 N–H and O–H groups in total. The summed E-state index contributed by atoms with van der Waals surface area (Å²) in [4.78, 5) is 27.4. The van der Waals surface area contributed by atoms with Crippen LogP contribution in [0.3, 0.4) is 0 Å². The molecule has 1 saturated carbocycles. The largest absolute Gasteiger partial charge is 0.383 e. The Balaban J connectivity index is 1.85. The minimum atomic E-state index is -0.236. The number of nitrogens with one attached hydrogen (secondary N) is 1. The van der Waals surface area contributed by atoms with Crippen LogP contribution in [0.2, 0.25) is 0 Å². The minimum Gasteiger partial charge on any atom is -0.383 e. The maximum atomic E-state index is 13.0. The number of benzene rings is 1. The average molecular weight is 441 g/mol. The van der Waals surface area contributed by atoms with Gasteiger partial charge in [0, 0.05) is 31.1 Å². The summed E-state index contributed by atoms with van der Waals surface area (Å²) in [5.74, 6) is 0.449. The van der Waals surface area contributed by atoms with Crippen molar-refractivity contribution in [1.29, 1.82) is 0 Å². The molecular weight excluding hydrogens is 404 g/mol. The van der Waals surface area contributed by atoms with Gasteiger partial charge in [0.05, 0.1) is 24.5 Å². The Labute approximate surface area is 191 Å². The third kappa shape index (κ3) is 5.57. The van der Waals surface area contributed by atoms with E-state index < -0.39 is 0 Å². The van der Waals surface area contributed by atoms with Crippen LogP contribution in [-0.4, -0.2) is 53.3 Å². The van der Waals surface area contributed by atoms with Gasteiger partial charge in [0.2, 0.25) is 11.8 Å². The monoisotopic (exact) mass is 440 g/mol. The van der Waals surface area contributed by atoms with Gasteiger partial charge >= 0.3 is 0 Å². The first kappa shape index (κ1) is 24.0. The fourth-order valence-corrected chi connectivity index (χ4v) is 3.80. The molecule has 1 heterocycles. The lowest BCUT2D eigenvalue weighted by Gasteiger charge is -2.31. The van der Waals surface area contributed by atoms with Gasteiger partial charge in [-0.05, 0) is 38.3 Å². The number of anilines is 1. The van der Waals surface area contributed by atoms with Gasteiger partial charge in [0.1, 0.15) is 5.82 Å². The molecule has 1 aromatic carbocycles. The van der Waals surface area contributed by atoms with E-state index in [9.17, 15) is 9.59 Å². The van der Waals surface area contributed by atoms with E-state index in [0.717, 1.165) is 36.2 Å². The van der Waals surface area contributed by atoms with E-state index in [2.05, 4.69) is 39.1 Å². The second-order valence-corrected chi connectivity index (χ2v) is 9.80. The predicted octanol–water partition coefficient (Wildman–Crippen LogP) is 4.00. The lowest BCUT2D eigenvalue weighted by Crippen LogP contribution is -2.44. The van der Waals surface area contributed by atoms with Crippen LogP contribution in [0.5, 0.6) is 0 Å². The topological polar surface area (TPSA) is 76.5 Å². The van der Waals surface area contributed by atoms with Crippen LogP contribution in [0.15, 0.2) is 24.3 Å². The van der Waals surface area contributed by atoms with Crippen molar-refractivity contribution in [1.82, 2.24) is 14.7 Å². The maximum absolute atomic E-state index is 13.0. The molecule has 0 radical (unpaired) electrons. The van der Waals surface area contributed by atoms with Gasteiger partial charge in [0.15, 0.2) is 0 Å². The van der Waals surface area contributed by atoms with Crippen molar-refractivity contribution in [3.05, 3.63) is 41.1 Å². The van der Waals surface area contributed by atoms with Crippen molar-refractivity contribution in [3.8, 4) is 5.69 Å². The Morgan fingerprint density at radius 3 is 2.50 bits per heavy atom. The zero-order valence-electron chi connectivity index (χ0n) is 20.2. The number of carbonyl (C=O) groups is 2. The Kier molecular flexibility index (Phi) is 7.39. The van der Waals surface area contributed by atoms with Gasteiger partial charge in [-0.15, -0.1) is 0 Å². The number of hydrogen-bond acceptors (Lipinski definition) is 4. The molecule has 174 valence electrons. The molecule has 2 aromatic rings. The lowest BCUT2D eigenvalue weighted by molar-refractivity contribution is -0.141. The average Bonchev–Trinajstić information content (AvgIpc) is 3.07. The normalized spacial score (nSPS) is 14.2. The molecule has 1 fully saturated rings. The number of ether oxygens (including phenoxy) is 1. The second kappa shape index (κ2) is 9.86. The Hall–Kier alpha value is -2.67. The van der Waals surface area contributed by atoms with Gasteiger partial charge in [-0.1, -0.05) is 44.9 Å². The van der Waals surface area contributed by atoms with E-state index in [1.54, 1.807) is 16.7 Å². The van der Waals surface area contributed by atoms with Crippen LogP contribution in [0, 0.1) is 19.8 Å². The van der Waals surface area contributed by atoms with Crippen molar-refractivity contribution in [2.75, 3.05) is 32.1 Å². The first-order valence-electron chi connectivity index (χ1n) is 11.4. The molecule has 0 unspecified atom stereocenters. The van der Waals surface area contributed by atoms with Crippen LogP contribution >= 0.6 is 0 Å². The molecule has 0 bridgehead atoms. The SMILES string of the molecule is COCCN(CC(=O)Nc1cc(C(C)(C)C)nn1-c1ccc(C)cc1C)C(=O)C1CCC1. The molecule has 32 heavy (non-hydrogen) atoms. The van der Waals surface area contributed by atoms with Crippen LogP contribution < -0.4 is 5.32 Å². The first-order chi connectivity index (χ1) is 15.1. The fourth-order valence-electron chi connectivity index (χ4n) is 3.80. The molecule has 2 amide bonds. The smallest absolute Gasteiger partial charge is 0.245 e. The van der Waals surface area contributed by atoms with E-state index in [4.69, 9.17) is 9.84 Å². The highest BCUT2D eigenvalue weighted by atomic mass is 16.5. The van der Waals surface area contributed by atoms with Crippen LogP contribution in [0.4, 0.5) is 5.82 Å². The zero-order valence-corrected chi connectivity index (χ0v) is 20.2. The summed E-state index contributed by atoms with van der Waals surface area (Å²) in [6.45, 7) is 11.2. The van der Waals surface area contributed by atoms with Crippen molar-refractivity contribution >= 4 is 17.6 Å². The van der Waals surface area contributed by atoms with E-state index in [1.807, 2.05) is 25.1 Å². The Morgan fingerprint density at radius 1 is 1.22 bits per heavy atom. The summed E-state index contributed by atoms with van der Waals surface area (Å²) in [5.41, 5.74) is 3.88. The molecule has 1 aliphatic rings. The van der Waals surface area contributed by atoms with E-state index in [0.29, 0.717) is 19.0 Å². The van der Waals surface area contributed by atoms with Gasteiger partial charge < -0.3 is 15.0 Å². The number of amides is 2. The number of aryl methyl sites for hydroxylation is 2. The van der Waals surface area contributed by atoms with Crippen LogP contribution in [-0.2, 0) is 19.7 Å². The van der Waals surface area contributed by atoms with E-state index in [1.165, 1.54) is 5.56 Å². The Bertz CT molecular complexity index is 970. The predicted molar refractivity (Wildman–Crippen MR) is 126 cm³/mol. The molecule has 0 aliphatic heterocycles. The summed E-state index contributed by atoms with van der Waals surface area (Å²) < 4.78 is 6.95. The number of carbonyl (C=O) groups excluding carboxylic acids is 2. The molecule has 3 rings (SSSR count). The quantitative estimate of drug-likeness (QED) is 0.673. The highest BCUT2D eigenvalue weighted by Gasteiger charge is 2.30. The van der Waals surface area contributed by atoms with Gasteiger partial charge in [-0.3, -0.25) is 9.59 Å². The van der Waals surface area contributed by atoms with Crippen molar-refractivity contribution in [2.24, 2.45) is 5.92 Å². The van der Waals surface area contributed by atoms with Crippen LogP contribution in [0.25, 0.3) is 5.69 Å².